The first kappa shape index (κ1) is 23.7. The van der Waals surface area contributed by atoms with Crippen molar-refractivity contribution >= 4 is 15.8 Å². The molecule has 2 unspecified atom stereocenters. The topological polar surface area (TPSA) is 73.8 Å². The molecule has 0 amide bonds. The van der Waals surface area contributed by atoms with Crippen molar-refractivity contribution in [3.05, 3.63) is 29.8 Å². The third-order valence-corrected chi connectivity index (χ3v) is 6.38. The number of aliphatic imine (C=N–C) groups is 1. The molecule has 0 spiro atoms. The summed E-state index contributed by atoms with van der Waals surface area (Å²) in [4.78, 5) is 7.64. The monoisotopic (exact) mass is 422 g/mol. The highest BCUT2D eigenvalue weighted by atomic mass is 32.2. The maximum Gasteiger partial charge on any atom is 0.191 e. The molecule has 1 aliphatic rings. The quantitative estimate of drug-likeness (QED) is 0.363. The first-order valence-corrected chi connectivity index (χ1v) is 12.7. The molecule has 0 saturated carbocycles. The number of hydrogen-bond donors (Lipinski definition) is 2. The number of piperidine rings is 1. The summed E-state index contributed by atoms with van der Waals surface area (Å²) in [5.41, 5.74) is 1.11. The number of hydrogen-bond acceptors (Lipinski definition) is 4. The molecule has 2 atom stereocenters. The van der Waals surface area contributed by atoms with Crippen molar-refractivity contribution < 1.29 is 8.42 Å². The average Bonchev–Trinajstić information content (AvgIpc) is 2.64. The van der Waals surface area contributed by atoms with Gasteiger partial charge < -0.3 is 15.5 Å². The smallest absolute Gasteiger partial charge is 0.191 e. The second kappa shape index (κ2) is 11.6. The van der Waals surface area contributed by atoms with Crippen molar-refractivity contribution in [1.82, 2.24) is 15.5 Å². The minimum atomic E-state index is -3.14. The van der Waals surface area contributed by atoms with Crippen molar-refractivity contribution in [1.29, 1.82) is 0 Å². The molecule has 29 heavy (non-hydrogen) atoms. The van der Waals surface area contributed by atoms with Crippen LogP contribution in [0.1, 0.15) is 39.2 Å². The van der Waals surface area contributed by atoms with Crippen LogP contribution in [0.2, 0.25) is 0 Å². The molecule has 0 bridgehead atoms. The second-order valence-electron chi connectivity index (χ2n) is 8.41. The van der Waals surface area contributed by atoms with Crippen LogP contribution in [0.4, 0.5) is 0 Å². The summed E-state index contributed by atoms with van der Waals surface area (Å²) in [6.07, 6.45) is 4.47. The summed E-state index contributed by atoms with van der Waals surface area (Å²) in [5.74, 6) is 2.45. The maximum absolute atomic E-state index is 11.5. The van der Waals surface area contributed by atoms with Crippen LogP contribution in [-0.4, -0.2) is 64.8 Å². The van der Waals surface area contributed by atoms with Gasteiger partial charge in [0.25, 0.3) is 0 Å². The Balaban J connectivity index is 1.74. The minimum absolute atomic E-state index is 0.363. The Kier molecular flexibility index (Phi) is 9.43. The van der Waals surface area contributed by atoms with Gasteiger partial charge in [0.2, 0.25) is 0 Å². The van der Waals surface area contributed by atoms with Gasteiger partial charge in [0.05, 0.1) is 4.90 Å². The molecule has 1 aromatic carbocycles. The van der Waals surface area contributed by atoms with E-state index in [1.165, 1.54) is 25.8 Å². The van der Waals surface area contributed by atoms with E-state index in [1.807, 2.05) is 12.1 Å². The van der Waals surface area contributed by atoms with E-state index in [0.717, 1.165) is 62.4 Å². The van der Waals surface area contributed by atoms with Crippen molar-refractivity contribution in [2.45, 2.75) is 44.9 Å². The van der Waals surface area contributed by atoms with Crippen LogP contribution in [0, 0.1) is 11.8 Å². The fourth-order valence-corrected chi connectivity index (χ4v) is 4.66. The van der Waals surface area contributed by atoms with Crippen LogP contribution in [0.5, 0.6) is 0 Å². The largest absolute Gasteiger partial charge is 0.357 e. The van der Waals surface area contributed by atoms with Gasteiger partial charge in [-0.3, -0.25) is 4.99 Å². The summed E-state index contributed by atoms with van der Waals surface area (Å²) < 4.78 is 23.1. The number of likely N-dealkylation sites (tertiary alicyclic amines) is 1. The van der Waals surface area contributed by atoms with Crippen molar-refractivity contribution in [3.63, 3.8) is 0 Å². The van der Waals surface area contributed by atoms with Crippen molar-refractivity contribution in [2.24, 2.45) is 16.8 Å². The van der Waals surface area contributed by atoms with E-state index in [0.29, 0.717) is 4.90 Å². The van der Waals surface area contributed by atoms with Crippen LogP contribution < -0.4 is 10.6 Å². The Labute approximate surface area is 177 Å². The lowest BCUT2D eigenvalue weighted by Crippen LogP contribution is -2.40. The van der Waals surface area contributed by atoms with Gasteiger partial charge in [-0.1, -0.05) is 26.0 Å². The SMILES string of the molecule is CCNC(=NCCCN1CC(C)CC(C)C1)NCCc1ccc(S(C)(=O)=O)cc1. The lowest BCUT2D eigenvalue weighted by atomic mass is 9.92. The van der Waals surface area contributed by atoms with Crippen LogP contribution in [0.15, 0.2) is 34.2 Å². The molecule has 6 nitrogen and oxygen atoms in total. The highest BCUT2D eigenvalue weighted by Gasteiger charge is 2.20. The molecule has 1 aliphatic heterocycles. The van der Waals surface area contributed by atoms with Gasteiger partial charge in [-0.2, -0.15) is 0 Å². The van der Waals surface area contributed by atoms with Crippen molar-refractivity contribution in [2.75, 3.05) is 45.5 Å². The van der Waals surface area contributed by atoms with E-state index < -0.39 is 9.84 Å². The molecule has 7 heteroatoms. The Morgan fingerprint density at radius 2 is 1.79 bits per heavy atom. The first-order chi connectivity index (χ1) is 13.8. The molecule has 2 N–H and O–H groups in total. The summed E-state index contributed by atoms with van der Waals surface area (Å²) >= 11 is 0. The molecule has 0 aliphatic carbocycles. The van der Waals surface area contributed by atoms with Gasteiger partial charge in [0.15, 0.2) is 15.8 Å². The summed E-state index contributed by atoms with van der Waals surface area (Å²) in [5, 5.41) is 6.67. The molecular formula is C22H38N4O2S. The number of nitrogens with zero attached hydrogens (tertiary/aromatic N) is 2. The zero-order chi connectivity index (χ0) is 21.3. The molecular weight excluding hydrogens is 384 g/mol. The summed E-state index contributed by atoms with van der Waals surface area (Å²) in [6.45, 7) is 12.7. The normalized spacial score (nSPS) is 21.2. The highest BCUT2D eigenvalue weighted by Crippen LogP contribution is 2.20. The van der Waals surface area contributed by atoms with Crippen LogP contribution in [-0.2, 0) is 16.3 Å². The van der Waals surface area contributed by atoms with Crippen LogP contribution >= 0.6 is 0 Å². The van der Waals surface area contributed by atoms with E-state index in [1.54, 1.807) is 12.1 Å². The summed E-state index contributed by atoms with van der Waals surface area (Å²) in [7, 11) is -3.14. The second-order valence-corrected chi connectivity index (χ2v) is 10.4. The summed E-state index contributed by atoms with van der Waals surface area (Å²) in [6, 6.07) is 7.10. The van der Waals surface area contributed by atoms with E-state index in [-0.39, 0.29) is 0 Å². The van der Waals surface area contributed by atoms with E-state index in [9.17, 15) is 8.42 Å². The number of benzene rings is 1. The average molecular weight is 423 g/mol. The maximum atomic E-state index is 11.5. The molecule has 0 aromatic heterocycles. The lowest BCUT2D eigenvalue weighted by molar-refractivity contribution is 0.140. The Hall–Kier alpha value is -1.60. The Morgan fingerprint density at radius 1 is 1.14 bits per heavy atom. The van der Waals surface area contributed by atoms with Crippen LogP contribution in [0.3, 0.4) is 0 Å². The fourth-order valence-electron chi connectivity index (χ4n) is 4.03. The zero-order valence-electron chi connectivity index (χ0n) is 18.4. The van der Waals surface area contributed by atoms with E-state index in [4.69, 9.17) is 4.99 Å². The molecule has 1 aromatic rings. The zero-order valence-corrected chi connectivity index (χ0v) is 19.3. The molecule has 1 saturated heterocycles. The van der Waals surface area contributed by atoms with Gasteiger partial charge in [-0.15, -0.1) is 0 Å². The minimum Gasteiger partial charge on any atom is -0.357 e. The molecule has 1 heterocycles. The Morgan fingerprint density at radius 3 is 2.38 bits per heavy atom. The number of guanidine groups is 1. The third kappa shape index (κ3) is 8.74. The standard InChI is InChI=1S/C22H38N4O2S/c1-5-23-22(24-12-6-14-26-16-18(2)15-19(3)17-26)25-13-11-20-7-9-21(10-8-20)29(4,27)28/h7-10,18-19H,5-6,11-17H2,1-4H3,(H2,23,24,25). The third-order valence-electron chi connectivity index (χ3n) is 5.25. The number of nitrogens with one attached hydrogen (secondary N) is 2. The molecule has 164 valence electrons. The van der Waals surface area contributed by atoms with E-state index >= 15 is 0 Å². The highest BCUT2D eigenvalue weighted by molar-refractivity contribution is 7.90. The first-order valence-electron chi connectivity index (χ1n) is 10.8. The molecule has 2 rings (SSSR count). The Bertz CT molecular complexity index is 737. The van der Waals surface area contributed by atoms with Crippen molar-refractivity contribution in [3.8, 4) is 0 Å². The number of rotatable bonds is 9. The van der Waals surface area contributed by atoms with E-state index in [2.05, 4.69) is 36.3 Å². The predicted molar refractivity (Wildman–Crippen MR) is 121 cm³/mol. The molecule has 0 radical (unpaired) electrons. The van der Waals surface area contributed by atoms with Gasteiger partial charge in [0, 0.05) is 39.0 Å². The van der Waals surface area contributed by atoms with Gasteiger partial charge in [-0.25, -0.2) is 8.42 Å². The van der Waals surface area contributed by atoms with Gasteiger partial charge in [0.1, 0.15) is 0 Å². The van der Waals surface area contributed by atoms with Gasteiger partial charge in [-0.05, 0) is 62.3 Å². The number of sulfone groups is 1. The fraction of sp³-hybridized carbons (Fsp3) is 0.682. The predicted octanol–water partition coefficient (Wildman–Crippen LogP) is 2.56. The van der Waals surface area contributed by atoms with Crippen LogP contribution in [0.25, 0.3) is 0 Å². The lowest BCUT2D eigenvalue weighted by Gasteiger charge is -2.34. The van der Waals surface area contributed by atoms with Gasteiger partial charge >= 0.3 is 0 Å². The molecule has 1 fully saturated rings.